The lowest BCUT2D eigenvalue weighted by Crippen LogP contribution is -2.39. The van der Waals surface area contributed by atoms with Crippen LogP contribution in [0.3, 0.4) is 0 Å². The molecule has 0 saturated carbocycles. The van der Waals surface area contributed by atoms with Gasteiger partial charge >= 0.3 is 6.09 Å². The Morgan fingerprint density at radius 3 is 2.08 bits per heavy atom. The maximum Gasteiger partial charge on any atom is 0.410 e. The van der Waals surface area contributed by atoms with Gasteiger partial charge in [-0.3, -0.25) is 0 Å². The lowest BCUT2D eigenvalue weighted by molar-refractivity contribution is -0.117. The summed E-state index contributed by atoms with van der Waals surface area (Å²) in [5.41, 5.74) is -1.26. The molecule has 0 aromatic rings. The largest absolute Gasteiger partial charge is 0.444 e. The number of carbonyl (C=O) groups is 2. The average molecular weight is 392 g/mol. The second-order valence-corrected chi connectivity index (χ2v) is 13.0. The molecule has 0 aliphatic carbocycles. The van der Waals surface area contributed by atoms with Gasteiger partial charge < -0.3 is 18.6 Å². The van der Waals surface area contributed by atoms with E-state index in [1.165, 1.54) is 0 Å². The number of hydrogen-bond donors (Lipinski definition) is 0. The summed E-state index contributed by atoms with van der Waals surface area (Å²) < 4.78 is 12.0. The third-order valence-electron chi connectivity index (χ3n) is 4.75. The highest BCUT2D eigenvalue weighted by molar-refractivity contribution is 8.30. The Kier molecular flexibility index (Phi) is 8.70. The first-order chi connectivity index (χ1) is 11.7. The molecule has 1 saturated heterocycles. The van der Waals surface area contributed by atoms with Gasteiger partial charge in [0.1, 0.15) is 18.0 Å². The van der Waals surface area contributed by atoms with E-state index in [2.05, 4.69) is 34.0 Å². The summed E-state index contributed by atoms with van der Waals surface area (Å²) in [5, 5.41) is 0. The monoisotopic (exact) mass is 391 g/mol. The number of rotatable bonds is 4. The molecule has 0 spiro atoms. The lowest BCUT2D eigenvalue weighted by atomic mass is 9.89. The van der Waals surface area contributed by atoms with Crippen LogP contribution in [0.4, 0.5) is 4.79 Å². The van der Waals surface area contributed by atoms with E-state index in [0.717, 1.165) is 12.0 Å². The summed E-state index contributed by atoms with van der Waals surface area (Å²) in [6, 6.07) is 0. The van der Waals surface area contributed by atoms with Crippen LogP contribution >= 0.6 is 10.3 Å². The van der Waals surface area contributed by atoms with Crippen molar-refractivity contribution in [1.29, 1.82) is 0 Å². The summed E-state index contributed by atoms with van der Waals surface area (Å²) in [6.07, 6.45) is 2.40. The van der Waals surface area contributed by atoms with Crippen molar-refractivity contribution < 1.29 is 18.5 Å². The Balaban J connectivity index is 0.00000301. The fraction of sp³-hybridized carbons (Fsp3) is 0.900. The SMILES string of the molecule is CC.CCS(C)(OC1CN(C(=O)OC(C)(C)C)CC1(C)C=O)C(C)(C)C. The highest BCUT2D eigenvalue weighted by atomic mass is 32.3. The van der Waals surface area contributed by atoms with E-state index in [9.17, 15) is 9.59 Å². The summed E-state index contributed by atoms with van der Waals surface area (Å²) in [4.78, 5) is 25.7. The van der Waals surface area contributed by atoms with E-state index in [0.29, 0.717) is 13.1 Å². The molecular formula is C20H41NO4S. The average Bonchev–Trinajstić information content (AvgIpc) is 2.84. The van der Waals surface area contributed by atoms with Gasteiger partial charge in [0.15, 0.2) is 0 Å². The molecule has 1 heterocycles. The first kappa shape index (κ1) is 25.2. The van der Waals surface area contributed by atoms with Crippen molar-refractivity contribution in [3.8, 4) is 0 Å². The van der Waals surface area contributed by atoms with Crippen LogP contribution in [0, 0.1) is 5.41 Å². The molecule has 0 aromatic heterocycles. The van der Waals surface area contributed by atoms with Crippen LogP contribution in [0.1, 0.15) is 69.2 Å². The lowest BCUT2D eigenvalue weighted by Gasteiger charge is -2.49. The maximum absolute atomic E-state index is 12.4. The quantitative estimate of drug-likeness (QED) is 0.631. The van der Waals surface area contributed by atoms with Crippen LogP contribution in [-0.2, 0) is 13.7 Å². The topological polar surface area (TPSA) is 55.8 Å². The van der Waals surface area contributed by atoms with Gasteiger partial charge in [-0.25, -0.2) is 4.79 Å². The third kappa shape index (κ3) is 6.15. The molecule has 1 aliphatic rings. The molecule has 0 bridgehead atoms. The second-order valence-electron chi connectivity index (χ2n) is 8.98. The minimum Gasteiger partial charge on any atom is -0.444 e. The highest BCUT2D eigenvalue weighted by Gasteiger charge is 2.49. The zero-order valence-electron chi connectivity index (χ0n) is 18.8. The molecule has 0 aromatic carbocycles. The molecule has 1 rings (SSSR count). The van der Waals surface area contributed by atoms with Crippen molar-refractivity contribution in [3.05, 3.63) is 0 Å². The van der Waals surface area contributed by atoms with Crippen LogP contribution in [-0.4, -0.2) is 58.8 Å². The number of nitrogens with zero attached hydrogens (tertiary/aromatic N) is 1. The van der Waals surface area contributed by atoms with Crippen molar-refractivity contribution in [2.24, 2.45) is 5.41 Å². The van der Waals surface area contributed by atoms with Crippen molar-refractivity contribution in [2.45, 2.75) is 85.7 Å². The van der Waals surface area contributed by atoms with E-state index in [1.807, 2.05) is 41.5 Å². The maximum atomic E-state index is 12.4. The molecule has 156 valence electrons. The molecule has 26 heavy (non-hydrogen) atoms. The predicted octanol–water partition coefficient (Wildman–Crippen LogP) is 5.02. The predicted molar refractivity (Wildman–Crippen MR) is 112 cm³/mol. The number of aldehydes is 1. The Hall–Kier alpha value is -0.750. The molecule has 1 aliphatic heterocycles. The molecule has 0 N–H and O–H groups in total. The van der Waals surface area contributed by atoms with Gasteiger partial charge in [-0.2, -0.15) is 0 Å². The van der Waals surface area contributed by atoms with E-state index >= 15 is 0 Å². The molecule has 1 amide bonds. The first-order valence-electron chi connectivity index (χ1n) is 9.55. The Morgan fingerprint density at radius 2 is 1.73 bits per heavy atom. The van der Waals surface area contributed by atoms with E-state index in [4.69, 9.17) is 8.92 Å². The molecule has 5 nitrogen and oxygen atoms in total. The van der Waals surface area contributed by atoms with Crippen LogP contribution in [0.25, 0.3) is 0 Å². The van der Waals surface area contributed by atoms with Crippen LogP contribution < -0.4 is 0 Å². The molecule has 0 radical (unpaired) electrons. The van der Waals surface area contributed by atoms with Crippen molar-refractivity contribution in [3.63, 3.8) is 0 Å². The number of likely N-dealkylation sites (tertiary alicyclic amines) is 1. The molecule has 3 atom stereocenters. The van der Waals surface area contributed by atoms with Gasteiger partial charge in [-0.1, -0.05) is 41.5 Å². The smallest absolute Gasteiger partial charge is 0.410 e. The summed E-state index contributed by atoms with van der Waals surface area (Å²) in [5.74, 6) is 0.911. The Morgan fingerprint density at radius 1 is 1.23 bits per heavy atom. The van der Waals surface area contributed by atoms with Crippen molar-refractivity contribution >= 4 is 22.7 Å². The summed E-state index contributed by atoms with van der Waals surface area (Å²) in [6.45, 7) is 20.7. The Labute approximate surface area is 162 Å². The van der Waals surface area contributed by atoms with Crippen LogP contribution in [0.5, 0.6) is 0 Å². The standard InChI is InChI=1S/C18H35NO4S.C2H6/c1-10-24(9,17(5,6)7)23-14-11-19(12-18(14,8)13-20)15(21)22-16(2,3)4;1-2/h13-14H,10-12H2,1-9H3;1-2H3. The van der Waals surface area contributed by atoms with Gasteiger partial charge in [0.25, 0.3) is 0 Å². The zero-order valence-corrected chi connectivity index (χ0v) is 19.6. The normalized spacial score (nSPS) is 27.0. The zero-order chi connectivity index (χ0) is 21.0. The van der Waals surface area contributed by atoms with Gasteiger partial charge in [0.05, 0.1) is 12.0 Å². The molecule has 6 heteroatoms. The minimum absolute atomic E-state index is 0.00484. The van der Waals surface area contributed by atoms with Gasteiger partial charge in [0.2, 0.25) is 0 Å². The number of amides is 1. The van der Waals surface area contributed by atoms with Crippen molar-refractivity contribution in [1.82, 2.24) is 4.90 Å². The summed E-state index contributed by atoms with van der Waals surface area (Å²) in [7, 11) is -1.38. The number of hydrogen-bond acceptors (Lipinski definition) is 4. The number of ether oxygens (including phenoxy) is 1. The molecular weight excluding hydrogens is 350 g/mol. The fourth-order valence-electron chi connectivity index (χ4n) is 2.61. The van der Waals surface area contributed by atoms with Crippen LogP contribution in [0.2, 0.25) is 0 Å². The van der Waals surface area contributed by atoms with Crippen LogP contribution in [0.15, 0.2) is 0 Å². The van der Waals surface area contributed by atoms with E-state index in [1.54, 1.807) is 4.90 Å². The van der Waals surface area contributed by atoms with Gasteiger partial charge in [-0.05, 0) is 39.7 Å². The summed E-state index contributed by atoms with van der Waals surface area (Å²) >= 11 is 0. The molecule has 3 unspecified atom stereocenters. The number of carbonyl (C=O) groups excluding carboxylic acids is 2. The minimum atomic E-state index is -1.38. The van der Waals surface area contributed by atoms with E-state index < -0.39 is 21.3 Å². The highest BCUT2D eigenvalue weighted by Crippen LogP contribution is 2.59. The Bertz CT molecular complexity index is 483. The van der Waals surface area contributed by atoms with Gasteiger partial charge in [-0.15, -0.1) is 10.3 Å². The third-order valence-corrected chi connectivity index (χ3v) is 9.10. The van der Waals surface area contributed by atoms with Crippen molar-refractivity contribution in [2.75, 3.05) is 25.1 Å². The second kappa shape index (κ2) is 8.96. The first-order valence-corrected chi connectivity index (χ1v) is 11.7. The van der Waals surface area contributed by atoms with Gasteiger partial charge in [0, 0.05) is 11.3 Å². The fourth-order valence-corrected chi connectivity index (χ4v) is 4.69. The van der Waals surface area contributed by atoms with E-state index in [-0.39, 0.29) is 16.9 Å². The molecule has 1 fully saturated rings.